The average Bonchev–Trinajstić information content (AvgIpc) is 2.50. The van der Waals surface area contributed by atoms with E-state index < -0.39 is 11.6 Å². The van der Waals surface area contributed by atoms with E-state index in [2.05, 4.69) is 0 Å². The van der Waals surface area contributed by atoms with E-state index in [1.165, 1.54) is 17.7 Å². The first-order valence-corrected chi connectivity index (χ1v) is 7.00. The molecule has 3 heteroatoms. The summed E-state index contributed by atoms with van der Waals surface area (Å²) in [4.78, 5) is 0. The maximum atomic E-state index is 13.2. The van der Waals surface area contributed by atoms with Crippen molar-refractivity contribution in [1.29, 1.82) is 0 Å². The minimum atomic E-state index is -0.836. The van der Waals surface area contributed by atoms with Crippen LogP contribution in [0.2, 0.25) is 0 Å². The van der Waals surface area contributed by atoms with Crippen molar-refractivity contribution in [3.05, 3.63) is 72.1 Å². The number of hydrogen-bond acceptors (Lipinski definition) is 0. The number of aryl methyl sites for hydroxylation is 1. The Morgan fingerprint density at radius 1 is 0.810 bits per heavy atom. The summed E-state index contributed by atoms with van der Waals surface area (Å²) >= 11 is 0. The topological polar surface area (TPSA) is 0 Å². The number of hydrogen-bond donors (Lipinski definition) is 0. The van der Waals surface area contributed by atoms with Crippen LogP contribution in [-0.2, 0) is 6.42 Å². The zero-order chi connectivity index (χ0) is 15.1. The van der Waals surface area contributed by atoms with Crippen LogP contribution in [0.4, 0.5) is 13.2 Å². The highest BCUT2D eigenvalue weighted by atomic mass is 19.2. The molecule has 0 aromatic heterocycles. The van der Waals surface area contributed by atoms with Crippen LogP contribution in [0.15, 0.2) is 54.9 Å². The number of unbranched alkanes of at least 4 members (excludes halogenated alkanes) is 2. The number of halogens is 3. The highest BCUT2D eigenvalue weighted by Gasteiger charge is 2.04. The molecule has 0 radical (unpaired) electrons. The fourth-order valence-electron chi connectivity index (χ4n) is 2.19. The van der Waals surface area contributed by atoms with Crippen molar-refractivity contribution in [3.8, 4) is 11.1 Å². The van der Waals surface area contributed by atoms with E-state index in [0.717, 1.165) is 37.3 Å². The summed E-state index contributed by atoms with van der Waals surface area (Å²) in [5, 5.41) is 0. The van der Waals surface area contributed by atoms with E-state index >= 15 is 0 Å². The quantitative estimate of drug-likeness (QED) is 0.587. The molecule has 2 aromatic carbocycles. The Morgan fingerprint density at radius 3 is 2.19 bits per heavy atom. The molecular formula is C18H17F3. The van der Waals surface area contributed by atoms with Gasteiger partial charge in [0, 0.05) is 0 Å². The lowest BCUT2D eigenvalue weighted by atomic mass is 10.0. The second kappa shape index (κ2) is 7.67. The highest BCUT2D eigenvalue weighted by Crippen LogP contribution is 2.22. The molecule has 0 aliphatic rings. The van der Waals surface area contributed by atoms with Crippen molar-refractivity contribution in [2.75, 3.05) is 0 Å². The van der Waals surface area contributed by atoms with E-state index in [4.69, 9.17) is 0 Å². The lowest BCUT2D eigenvalue weighted by Crippen LogP contribution is -1.88. The summed E-state index contributed by atoms with van der Waals surface area (Å²) in [6.45, 7) is 0. The van der Waals surface area contributed by atoms with Gasteiger partial charge in [-0.3, -0.25) is 0 Å². The van der Waals surface area contributed by atoms with Gasteiger partial charge in [-0.15, -0.1) is 0 Å². The Kier molecular flexibility index (Phi) is 5.61. The van der Waals surface area contributed by atoms with Crippen molar-refractivity contribution in [1.82, 2.24) is 0 Å². The smallest absolute Gasteiger partial charge is 0.159 e. The zero-order valence-electron chi connectivity index (χ0n) is 11.7. The second-order valence-electron chi connectivity index (χ2n) is 4.93. The maximum absolute atomic E-state index is 13.2. The van der Waals surface area contributed by atoms with Crippen molar-refractivity contribution < 1.29 is 13.2 Å². The van der Waals surface area contributed by atoms with Gasteiger partial charge in [0.15, 0.2) is 11.6 Å². The molecule has 0 saturated heterocycles. The van der Waals surface area contributed by atoms with Crippen LogP contribution >= 0.6 is 0 Å². The van der Waals surface area contributed by atoms with Crippen LogP contribution in [-0.4, -0.2) is 0 Å². The van der Waals surface area contributed by atoms with E-state index in [9.17, 15) is 13.2 Å². The normalized spacial score (nSPS) is 11.2. The lowest BCUT2D eigenvalue weighted by molar-refractivity contribution is 0.509. The summed E-state index contributed by atoms with van der Waals surface area (Å²) < 4.78 is 37.9. The third-order valence-corrected chi connectivity index (χ3v) is 3.38. The maximum Gasteiger partial charge on any atom is 0.159 e. The van der Waals surface area contributed by atoms with Gasteiger partial charge in [0.05, 0.1) is 6.33 Å². The molecule has 2 rings (SSSR count). The third kappa shape index (κ3) is 4.48. The minimum absolute atomic E-state index is 0.580. The molecule has 0 aliphatic heterocycles. The molecule has 0 N–H and O–H groups in total. The van der Waals surface area contributed by atoms with Gasteiger partial charge in [-0.2, -0.15) is 0 Å². The molecule has 0 saturated carbocycles. The summed E-state index contributed by atoms with van der Waals surface area (Å²) in [7, 11) is 0. The van der Waals surface area contributed by atoms with Crippen molar-refractivity contribution >= 4 is 0 Å². The van der Waals surface area contributed by atoms with Crippen LogP contribution in [0.25, 0.3) is 11.1 Å². The first-order valence-electron chi connectivity index (χ1n) is 7.00. The van der Waals surface area contributed by atoms with Crippen molar-refractivity contribution in [3.63, 3.8) is 0 Å². The van der Waals surface area contributed by atoms with Gasteiger partial charge < -0.3 is 0 Å². The molecule has 0 amide bonds. The fourth-order valence-corrected chi connectivity index (χ4v) is 2.19. The first-order chi connectivity index (χ1) is 10.2. The fraction of sp³-hybridized carbons (Fsp3) is 0.222. The number of benzene rings is 2. The molecular weight excluding hydrogens is 273 g/mol. The van der Waals surface area contributed by atoms with Gasteiger partial charge in [-0.25, -0.2) is 13.2 Å². The molecule has 0 bridgehead atoms. The molecule has 110 valence electrons. The van der Waals surface area contributed by atoms with Gasteiger partial charge in [0.25, 0.3) is 0 Å². The van der Waals surface area contributed by atoms with Crippen molar-refractivity contribution in [2.45, 2.75) is 25.7 Å². The molecule has 0 atom stereocenters. The van der Waals surface area contributed by atoms with Crippen LogP contribution in [0.5, 0.6) is 0 Å². The molecule has 0 spiro atoms. The molecule has 21 heavy (non-hydrogen) atoms. The first kappa shape index (κ1) is 15.4. The molecule has 0 fully saturated rings. The second-order valence-corrected chi connectivity index (χ2v) is 4.93. The van der Waals surface area contributed by atoms with Gasteiger partial charge in [0.2, 0.25) is 0 Å². The van der Waals surface area contributed by atoms with Gasteiger partial charge in [0.1, 0.15) is 0 Å². The van der Waals surface area contributed by atoms with Crippen LogP contribution in [0.1, 0.15) is 24.8 Å². The Labute approximate surface area is 122 Å². The van der Waals surface area contributed by atoms with Crippen LogP contribution < -0.4 is 0 Å². The predicted octanol–water partition coefficient (Wildman–Crippen LogP) is 5.83. The minimum Gasteiger partial charge on any atom is -0.216 e. The molecule has 0 nitrogen and oxygen atoms in total. The molecule has 2 aromatic rings. The Balaban J connectivity index is 1.96. The van der Waals surface area contributed by atoms with Crippen molar-refractivity contribution in [2.24, 2.45) is 0 Å². The number of allylic oxidation sites excluding steroid dienone is 1. The van der Waals surface area contributed by atoms with E-state index in [1.807, 2.05) is 24.3 Å². The van der Waals surface area contributed by atoms with Gasteiger partial charge >= 0.3 is 0 Å². The Morgan fingerprint density at radius 2 is 1.52 bits per heavy atom. The third-order valence-electron chi connectivity index (χ3n) is 3.38. The summed E-state index contributed by atoms with van der Waals surface area (Å²) in [5.74, 6) is -1.67. The average molecular weight is 290 g/mol. The Hall–Kier alpha value is -2.03. The zero-order valence-corrected chi connectivity index (χ0v) is 11.7. The van der Waals surface area contributed by atoms with Crippen LogP contribution in [0, 0.1) is 11.6 Å². The van der Waals surface area contributed by atoms with E-state index in [1.54, 1.807) is 6.07 Å². The van der Waals surface area contributed by atoms with Gasteiger partial charge in [-0.05, 0) is 54.5 Å². The Bertz CT molecular complexity index is 600. The summed E-state index contributed by atoms with van der Waals surface area (Å²) in [6.07, 6.45) is 5.73. The standard InChI is InChI=1S/C18H17F3/c19-12-4-2-1-3-5-14-6-8-15(9-7-14)16-10-11-17(20)18(21)13-16/h4,6-13H,1-3,5H2/b12-4+. The predicted molar refractivity (Wildman–Crippen MR) is 79.6 cm³/mol. The van der Waals surface area contributed by atoms with Gasteiger partial charge in [-0.1, -0.05) is 36.4 Å². The summed E-state index contributed by atoms with van der Waals surface area (Å²) in [5.41, 5.74) is 2.71. The highest BCUT2D eigenvalue weighted by molar-refractivity contribution is 5.63. The monoisotopic (exact) mass is 290 g/mol. The molecule has 0 unspecified atom stereocenters. The summed E-state index contributed by atoms with van der Waals surface area (Å²) in [6, 6.07) is 11.7. The number of rotatable bonds is 6. The SMILES string of the molecule is F/C=C/CCCCc1ccc(-c2ccc(F)c(F)c2)cc1. The lowest BCUT2D eigenvalue weighted by Gasteiger charge is -2.05. The largest absolute Gasteiger partial charge is 0.216 e. The van der Waals surface area contributed by atoms with E-state index in [-0.39, 0.29) is 0 Å². The molecule has 0 heterocycles. The van der Waals surface area contributed by atoms with E-state index in [0.29, 0.717) is 11.9 Å². The van der Waals surface area contributed by atoms with Crippen LogP contribution in [0.3, 0.4) is 0 Å². The molecule has 0 aliphatic carbocycles.